The number of nitrogens with zero attached hydrogens (tertiary/aromatic N) is 2. The van der Waals surface area contributed by atoms with E-state index in [0.29, 0.717) is 5.92 Å². The molecule has 0 saturated heterocycles. The van der Waals surface area contributed by atoms with Crippen LogP contribution in [0.5, 0.6) is 0 Å². The van der Waals surface area contributed by atoms with Crippen molar-refractivity contribution >= 4 is 52.2 Å². The van der Waals surface area contributed by atoms with E-state index in [2.05, 4.69) is 56.5 Å². The molecule has 132 valence electrons. The van der Waals surface area contributed by atoms with Crippen molar-refractivity contribution in [3.8, 4) is 0 Å². The second kappa shape index (κ2) is 9.72. The van der Waals surface area contributed by atoms with Crippen molar-refractivity contribution in [2.75, 3.05) is 13.6 Å². The first-order chi connectivity index (χ1) is 11.8. The Morgan fingerprint density at radius 2 is 2.04 bits per heavy atom. The number of para-hydroxylation sites is 1. The molecule has 0 aliphatic carbocycles. The standard InChI is InChI=1S/C19H22N4S.HI/c1-14(16-8-10-24-13-16)11-22-19(20-2)23-12-15-7-9-21-18-6-4-3-5-17(15)18;/h3-10,13-14H,11-12H2,1-2H3,(H2,20,22,23);1H. The Bertz CT molecular complexity index is 812. The third-order valence-corrected chi connectivity index (χ3v) is 4.80. The van der Waals surface area contributed by atoms with Gasteiger partial charge in [0.05, 0.1) is 5.52 Å². The van der Waals surface area contributed by atoms with Crippen LogP contribution in [-0.4, -0.2) is 24.5 Å². The lowest BCUT2D eigenvalue weighted by atomic mass is 10.1. The van der Waals surface area contributed by atoms with Gasteiger partial charge in [-0.15, -0.1) is 24.0 Å². The minimum absolute atomic E-state index is 0. The van der Waals surface area contributed by atoms with Gasteiger partial charge in [-0.05, 0) is 46.0 Å². The summed E-state index contributed by atoms with van der Waals surface area (Å²) in [6.07, 6.45) is 1.86. The Morgan fingerprint density at radius 1 is 1.20 bits per heavy atom. The molecule has 0 saturated carbocycles. The number of nitrogens with one attached hydrogen (secondary N) is 2. The Balaban J connectivity index is 0.00000225. The fraction of sp³-hybridized carbons (Fsp3) is 0.263. The predicted molar refractivity (Wildman–Crippen MR) is 118 cm³/mol. The summed E-state index contributed by atoms with van der Waals surface area (Å²) >= 11 is 1.74. The Morgan fingerprint density at radius 3 is 2.80 bits per heavy atom. The summed E-state index contributed by atoms with van der Waals surface area (Å²) in [5.74, 6) is 1.27. The van der Waals surface area contributed by atoms with Crippen molar-refractivity contribution in [3.63, 3.8) is 0 Å². The van der Waals surface area contributed by atoms with Gasteiger partial charge in [-0.2, -0.15) is 11.3 Å². The summed E-state index contributed by atoms with van der Waals surface area (Å²) in [6, 6.07) is 12.4. The van der Waals surface area contributed by atoms with Crippen molar-refractivity contribution in [1.82, 2.24) is 15.6 Å². The summed E-state index contributed by atoms with van der Waals surface area (Å²) in [5.41, 5.74) is 3.60. The smallest absolute Gasteiger partial charge is 0.191 e. The van der Waals surface area contributed by atoms with E-state index >= 15 is 0 Å². The molecular weight excluding hydrogens is 443 g/mol. The van der Waals surface area contributed by atoms with E-state index in [9.17, 15) is 0 Å². The molecule has 4 nitrogen and oxygen atoms in total. The minimum atomic E-state index is 0. The molecule has 0 spiro atoms. The number of fused-ring (bicyclic) bond motifs is 1. The van der Waals surface area contributed by atoms with Crippen LogP contribution in [0.3, 0.4) is 0 Å². The average Bonchev–Trinajstić information content (AvgIpc) is 3.16. The van der Waals surface area contributed by atoms with Crippen LogP contribution < -0.4 is 10.6 Å². The van der Waals surface area contributed by atoms with Gasteiger partial charge in [0, 0.05) is 31.7 Å². The second-order valence-electron chi connectivity index (χ2n) is 5.75. The van der Waals surface area contributed by atoms with Crippen LogP contribution in [-0.2, 0) is 6.54 Å². The molecule has 2 heterocycles. The number of hydrogen-bond donors (Lipinski definition) is 2. The van der Waals surface area contributed by atoms with E-state index in [-0.39, 0.29) is 24.0 Å². The summed E-state index contributed by atoms with van der Waals surface area (Å²) in [7, 11) is 1.80. The third kappa shape index (κ3) is 5.15. The van der Waals surface area contributed by atoms with E-state index in [1.807, 2.05) is 24.4 Å². The highest BCUT2D eigenvalue weighted by Gasteiger charge is 2.07. The quantitative estimate of drug-likeness (QED) is 0.333. The maximum atomic E-state index is 4.40. The van der Waals surface area contributed by atoms with Gasteiger partial charge < -0.3 is 10.6 Å². The Kier molecular flexibility index (Phi) is 7.64. The third-order valence-electron chi connectivity index (χ3n) is 4.10. The molecule has 25 heavy (non-hydrogen) atoms. The maximum absolute atomic E-state index is 4.40. The highest BCUT2D eigenvalue weighted by Crippen LogP contribution is 2.17. The van der Waals surface area contributed by atoms with E-state index in [4.69, 9.17) is 0 Å². The molecule has 0 fully saturated rings. The molecule has 2 aromatic heterocycles. The fourth-order valence-corrected chi connectivity index (χ4v) is 3.41. The van der Waals surface area contributed by atoms with Crippen LogP contribution in [0.1, 0.15) is 24.0 Å². The molecule has 1 aromatic carbocycles. The van der Waals surface area contributed by atoms with Gasteiger partial charge in [-0.25, -0.2) is 0 Å². The van der Waals surface area contributed by atoms with E-state index in [1.54, 1.807) is 18.4 Å². The second-order valence-corrected chi connectivity index (χ2v) is 6.53. The van der Waals surface area contributed by atoms with Crippen LogP contribution in [0, 0.1) is 0 Å². The van der Waals surface area contributed by atoms with Crippen LogP contribution in [0.25, 0.3) is 10.9 Å². The summed E-state index contributed by atoms with van der Waals surface area (Å²) in [5, 5.41) is 12.3. The van der Waals surface area contributed by atoms with Crippen molar-refractivity contribution in [2.45, 2.75) is 19.4 Å². The number of guanidine groups is 1. The van der Waals surface area contributed by atoms with Gasteiger partial charge in [0.2, 0.25) is 0 Å². The Hall–Kier alpha value is -1.67. The SMILES string of the molecule is CN=C(NCc1ccnc2ccccc12)NCC(C)c1ccsc1.I. The number of aromatic nitrogens is 1. The molecule has 0 radical (unpaired) electrons. The van der Waals surface area contributed by atoms with Crippen LogP contribution in [0.2, 0.25) is 0 Å². The molecule has 0 aliphatic rings. The average molecular weight is 466 g/mol. The van der Waals surface area contributed by atoms with E-state index in [0.717, 1.165) is 24.6 Å². The lowest BCUT2D eigenvalue weighted by molar-refractivity contribution is 0.701. The molecule has 0 bridgehead atoms. The molecule has 1 atom stereocenters. The molecular formula is C19H23IN4S. The number of hydrogen-bond acceptors (Lipinski definition) is 3. The van der Waals surface area contributed by atoms with E-state index in [1.165, 1.54) is 16.5 Å². The topological polar surface area (TPSA) is 49.3 Å². The van der Waals surface area contributed by atoms with Crippen molar-refractivity contribution < 1.29 is 0 Å². The maximum Gasteiger partial charge on any atom is 0.191 e. The molecule has 6 heteroatoms. The number of halogens is 1. The molecule has 1 unspecified atom stereocenters. The van der Waals surface area contributed by atoms with Gasteiger partial charge in [-0.3, -0.25) is 9.98 Å². The highest BCUT2D eigenvalue weighted by molar-refractivity contribution is 14.0. The molecule has 3 rings (SSSR count). The minimum Gasteiger partial charge on any atom is -0.356 e. The van der Waals surface area contributed by atoms with Gasteiger partial charge in [-0.1, -0.05) is 25.1 Å². The predicted octanol–water partition coefficient (Wildman–Crippen LogP) is 4.38. The zero-order valence-corrected chi connectivity index (χ0v) is 17.5. The molecule has 3 aromatic rings. The van der Waals surface area contributed by atoms with Gasteiger partial charge in [0.1, 0.15) is 0 Å². The summed E-state index contributed by atoms with van der Waals surface area (Å²) in [6.45, 7) is 3.79. The van der Waals surface area contributed by atoms with Crippen molar-refractivity contribution in [3.05, 3.63) is 64.5 Å². The Labute approximate surface area is 169 Å². The lowest BCUT2D eigenvalue weighted by Gasteiger charge is -2.16. The van der Waals surface area contributed by atoms with Crippen LogP contribution >= 0.6 is 35.3 Å². The zero-order valence-electron chi connectivity index (χ0n) is 14.4. The molecule has 0 amide bonds. The van der Waals surface area contributed by atoms with Crippen molar-refractivity contribution in [1.29, 1.82) is 0 Å². The first-order valence-corrected chi connectivity index (χ1v) is 9.01. The summed E-state index contributed by atoms with van der Waals surface area (Å²) in [4.78, 5) is 8.72. The monoisotopic (exact) mass is 466 g/mol. The fourth-order valence-electron chi connectivity index (χ4n) is 2.63. The molecule has 0 aliphatic heterocycles. The lowest BCUT2D eigenvalue weighted by Crippen LogP contribution is -2.38. The van der Waals surface area contributed by atoms with Gasteiger partial charge in [0.15, 0.2) is 5.96 Å². The number of pyridine rings is 1. The highest BCUT2D eigenvalue weighted by atomic mass is 127. The van der Waals surface area contributed by atoms with E-state index < -0.39 is 0 Å². The van der Waals surface area contributed by atoms with Gasteiger partial charge in [0.25, 0.3) is 0 Å². The zero-order chi connectivity index (χ0) is 16.8. The van der Waals surface area contributed by atoms with Crippen LogP contribution in [0.15, 0.2) is 58.3 Å². The van der Waals surface area contributed by atoms with Crippen molar-refractivity contribution in [2.24, 2.45) is 4.99 Å². The number of aliphatic imine (C=N–C) groups is 1. The number of thiophene rings is 1. The summed E-state index contributed by atoms with van der Waals surface area (Å²) < 4.78 is 0. The first kappa shape index (κ1) is 19.7. The normalized spacial score (nSPS) is 12.5. The largest absolute Gasteiger partial charge is 0.356 e. The molecule has 2 N–H and O–H groups in total. The first-order valence-electron chi connectivity index (χ1n) is 8.07. The van der Waals surface area contributed by atoms with Gasteiger partial charge >= 0.3 is 0 Å². The number of benzene rings is 1. The van der Waals surface area contributed by atoms with Crippen LogP contribution in [0.4, 0.5) is 0 Å². The number of rotatable bonds is 5.